The van der Waals surface area contributed by atoms with Crippen LogP contribution < -0.4 is 5.32 Å². The molecule has 0 bridgehead atoms. The van der Waals surface area contributed by atoms with Gasteiger partial charge in [0.2, 0.25) is 0 Å². The van der Waals surface area contributed by atoms with Crippen LogP contribution in [-0.4, -0.2) is 52.0 Å². The first-order valence-electron chi connectivity index (χ1n) is 8.93. The van der Waals surface area contributed by atoms with Crippen LogP contribution >= 0.6 is 0 Å². The van der Waals surface area contributed by atoms with E-state index in [1.165, 1.54) is 0 Å². The maximum absolute atomic E-state index is 12.5. The Hall–Kier alpha value is -3.20. The molecule has 1 amide bonds. The second-order valence-electron chi connectivity index (χ2n) is 7.01. The third-order valence-electron chi connectivity index (χ3n) is 5.01. The molecule has 9 heteroatoms. The molecule has 1 saturated heterocycles. The van der Waals surface area contributed by atoms with Gasteiger partial charge in [-0.25, -0.2) is 13.4 Å². The number of H-pyrrole nitrogens is 2. The summed E-state index contributed by atoms with van der Waals surface area (Å²) < 4.78 is 23.1. The lowest BCUT2D eigenvalue weighted by atomic mass is 10.1. The standard InChI is InChI=1S/C19H17N5O3S/c25-19(20-12-7-8-28(26,27)10-12)11-5-6-13-16(9-11)23-24-17(13)18-21-14-3-1-2-4-15(14)22-18/h1-6,9,12H,7-8,10H2,(H,20,25)(H,21,22)(H,23,24). The molecular formula is C19H17N5O3S. The maximum atomic E-state index is 12.5. The number of imidazole rings is 1. The van der Waals surface area contributed by atoms with Gasteiger partial charge in [-0.05, 0) is 36.8 Å². The molecule has 1 fully saturated rings. The van der Waals surface area contributed by atoms with Gasteiger partial charge >= 0.3 is 0 Å². The summed E-state index contributed by atoms with van der Waals surface area (Å²) in [5.74, 6) is 0.490. The minimum atomic E-state index is -3.04. The fourth-order valence-electron chi connectivity index (χ4n) is 3.58. The molecule has 0 saturated carbocycles. The van der Waals surface area contributed by atoms with Crippen molar-refractivity contribution in [2.24, 2.45) is 0 Å². The topological polar surface area (TPSA) is 121 Å². The van der Waals surface area contributed by atoms with Crippen molar-refractivity contribution >= 4 is 37.7 Å². The predicted octanol–water partition coefficient (Wildman–Crippen LogP) is 2.02. The van der Waals surface area contributed by atoms with E-state index in [9.17, 15) is 13.2 Å². The number of para-hydroxylation sites is 2. The highest BCUT2D eigenvalue weighted by atomic mass is 32.2. The number of rotatable bonds is 3. The van der Waals surface area contributed by atoms with Gasteiger partial charge in [0.15, 0.2) is 15.7 Å². The number of sulfone groups is 1. The van der Waals surface area contributed by atoms with Crippen molar-refractivity contribution in [3.05, 3.63) is 48.0 Å². The molecule has 142 valence electrons. The lowest BCUT2D eigenvalue weighted by Crippen LogP contribution is -2.35. The lowest BCUT2D eigenvalue weighted by molar-refractivity contribution is 0.0941. The van der Waals surface area contributed by atoms with Gasteiger partial charge in [-0.1, -0.05) is 12.1 Å². The maximum Gasteiger partial charge on any atom is 0.251 e. The highest BCUT2D eigenvalue weighted by Crippen LogP contribution is 2.27. The van der Waals surface area contributed by atoms with Gasteiger partial charge in [-0.3, -0.25) is 9.89 Å². The molecule has 4 aromatic rings. The van der Waals surface area contributed by atoms with Crippen molar-refractivity contribution in [3.8, 4) is 11.5 Å². The van der Waals surface area contributed by atoms with E-state index in [1.54, 1.807) is 12.1 Å². The molecule has 1 aliphatic heterocycles. The van der Waals surface area contributed by atoms with E-state index in [-0.39, 0.29) is 23.5 Å². The molecule has 0 aliphatic carbocycles. The van der Waals surface area contributed by atoms with Crippen LogP contribution in [0, 0.1) is 0 Å². The highest BCUT2D eigenvalue weighted by molar-refractivity contribution is 7.91. The molecule has 5 rings (SSSR count). The lowest BCUT2D eigenvalue weighted by Gasteiger charge is -2.10. The third kappa shape index (κ3) is 2.93. The molecule has 28 heavy (non-hydrogen) atoms. The Morgan fingerprint density at radius 2 is 2.00 bits per heavy atom. The zero-order chi connectivity index (χ0) is 19.3. The monoisotopic (exact) mass is 395 g/mol. The van der Waals surface area contributed by atoms with Crippen molar-refractivity contribution < 1.29 is 13.2 Å². The Kier molecular flexibility index (Phi) is 3.73. The van der Waals surface area contributed by atoms with Crippen molar-refractivity contribution in [2.75, 3.05) is 11.5 Å². The Morgan fingerprint density at radius 3 is 2.79 bits per heavy atom. The van der Waals surface area contributed by atoms with E-state index in [1.807, 2.05) is 30.3 Å². The van der Waals surface area contributed by atoms with Crippen LogP contribution in [0.3, 0.4) is 0 Å². The van der Waals surface area contributed by atoms with Gasteiger partial charge < -0.3 is 10.3 Å². The number of aromatic nitrogens is 4. The van der Waals surface area contributed by atoms with Gasteiger partial charge in [-0.15, -0.1) is 0 Å². The summed E-state index contributed by atoms with van der Waals surface area (Å²) in [7, 11) is -3.04. The molecule has 1 unspecified atom stereocenters. The van der Waals surface area contributed by atoms with Gasteiger partial charge in [0.25, 0.3) is 5.91 Å². The molecule has 0 radical (unpaired) electrons. The van der Waals surface area contributed by atoms with Crippen molar-refractivity contribution in [2.45, 2.75) is 12.5 Å². The Labute approximate surface area is 160 Å². The second-order valence-corrected chi connectivity index (χ2v) is 9.24. The fourth-order valence-corrected chi connectivity index (χ4v) is 5.26. The van der Waals surface area contributed by atoms with Crippen LogP contribution in [0.2, 0.25) is 0 Å². The molecular weight excluding hydrogens is 378 g/mol. The molecule has 1 atom stereocenters. The number of fused-ring (bicyclic) bond motifs is 2. The smallest absolute Gasteiger partial charge is 0.251 e. The molecule has 8 nitrogen and oxygen atoms in total. The second kappa shape index (κ2) is 6.16. The van der Waals surface area contributed by atoms with Gasteiger partial charge in [-0.2, -0.15) is 5.10 Å². The molecule has 3 heterocycles. The van der Waals surface area contributed by atoms with Crippen LogP contribution in [0.5, 0.6) is 0 Å². The number of carbonyl (C=O) groups excluding carboxylic acids is 1. The summed E-state index contributed by atoms with van der Waals surface area (Å²) >= 11 is 0. The van der Waals surface area contributed by atoms with E-state index in [2.05, 4.69) is 25.5 Å². The van der Waals surface area contributed by atoms with Crippen LogP contribution in [0.25, 0.3) is 33.5 Å². The zero-order valence-corrected chi connectivity index (χ0v) is 15.6. The number of nitrogens with one attached hydrogen (secondary N) is 3. The van der Waals surface area contributed by atoms with Crippen LogP contribution in [0.1, 0.15) is 16.8 Å². The summed E-state index contributed by atoms with van der Waals surface area (Å²) in [5.41, 5.74) is 3.63. The minimum absolute atomic E-state index is 0.00123. The van der Waals surface area contributed by atoms with Crippen molar-refractivity contribution in [1.29, 1.82) is 0 Å². The molecule has 0 spiro atoms. The minimum Gasteiger partial charge on any atom is -0.348 e. The molecule has 3 N–H and O–H groups in total. The number of nitrogens with zero attached hydrogens (tertiary/aromatic N) is 2. The van der Waals surface area contributed by atoms with Crippen molar-refractivity contribution in [1.82, 2.24) is 25.5 Å². The summed E-state index contributed by atoms with van der Waals surface area (Å²) in [6.07, 6.45) is 0.455. The summed E-state index contributed by atoms with van der Waals surface area (Å²) in [4.78, 5) is 20.3. The number of carbonyl (C=O) groups is 1. The average molecular weight is 395 g/mol. The first-order valence-corrected chi connectivity index (χ1v) is 10.8. The van der Waals surface area contributed by atoms with E-state index in [4.69, 9.17) is 0 Å². The number of amides is 1. The number of aromatic amines is 2. The number of benzene rings is 2. The van der Waals surface area contributed by atoms with Crippen LogP contribution in [-0.2, 0) is 9.84 Å². The fraction of sp³-hybridized carbons (Fsp3) is 0.211. The first kappa shape index (κ1) is 16.9. The summed E-state index contributed by atoms with van der Waals surface area (Å²) in [6.45, 7) is 0. The Bertz CT molecular complexity index is 1290. The Balaban J connectivity index is 1.44. The van der Waals surface area contributed by atoms with Crippen molar-refractivity contribution in [3.63, 3.8) is 0 Å². The van der Waals surface area contributed by atoms with E-state index in [0.717, 1.165) is 16.4 Å². The first-order chi connectivity index (χ1) is 13.5. The number of hydrogen-bond donors (Lipinski definition) is 3. The summed E-state index contributed by atoms with van der Waals surface area (Å²) in [5, 5.41) is 10.9. The third-order valence-corrected chi connectivity index (χ3v) is 6.77. The summed E-state index contributed by atoms with van der Waals surface area (Å²) in [6, 6.07) is 12.7. The number of hydrogen-bond acceptors (Lipinski definition) is 5. The van der Waals surface area contributed by atoms with Gasteiger partial charge in [0.1, 0.15) is 5.69 Å². The molecule has 2 aromatic carbocycles. The van der Waals surface area contributed by atoms with E-state index >= 15 is 0 Å². The zero-order valence-electron chi connectivity index (χ0n) is 14.8. The predicted molar refractivity (Wildman–Crippen MR) is 106 cm³/mol. The van der Waals surface area contributed by atoms with E-state index < -0.39 is 9.84 Å². The SMILES string of the molecule is O=C(NC1CCS(=O)(=O)C1)c1ccc2c(-c3nc4ccccc4[nH]3)n[nH]c2c1. The highest BCUT2D eigenvalue weighted by Gasteiger charge is 2.29. The average Bonchev–Trinajstić information content (AvgIpc) is 3.36. The van der Waals surface area contributed by atoms with Crippen LogP contribution in [0.15, 0.2) is 42.5 Å². The van der Waals surface area contributed by atoms with Crippen LogP contribution in [0.4, 0.5) is 0 Å². The van der Waals surface area contributed by atoms with Gasteiger partial charge in [0, 0.05) is 17.0 Å². The normalized spacial score (nSPS) is 18.6. The quantitative estimate of drug-likeness (QED) is 0.490. The Morgan fingerprint density at radius 1 is 1.14 bits per heavy atom. The molecule has 2 aromatic heterocycles. The largest absolute Gasteiger partial charge is 0.348 e. The van der Waals surface area contributed by atoms with Gasteiger partial charge in [0.05, 0.1) is 28.1 Å². The molecule has 1 aliphatic rings. The van der Waals surface area contributed by atoms with E-state index in [0.29, 0.717) is 29.0 Å².